The van der Waals surface area contributed by atoms with Crippen LogP contribution in [0.4, 0.5) is 0 Å². The second-order valence-electron chi connectivity index (χ2n) is 5.59. The van der Waals surface area contributed by atoms with Gasteiger partial charge in [0.2, 0.25) is 0 Å². The van der Waals surface area contributed by atoms with E-state index in [1.54, 1.807) is 0 Å². The van der Waals surface area contributed by atoms with Crippen LogP contribution in [0.3, 0.4) is 0 Å². The minimum atomic E-state index is -1.13. The lowest BCUT2D eigenvalue weighted by molar-refractivity contribution is -0.318. The molecule has 1 aliphatic rings. The van der Waals surface area contributed by atoms with Crippen molar-refractivity contribution in [1.82, 2.24) is 0 Å². The Morgan fingerprint density at radius 1 is 1.12 bits per heavy atom. The maximum Gasteiger partial charge on any atom is 0.329 e. The Kier molecular flexibility index (Phi) is 9.67. The van der Waals surface area contributed by atoms with Crippen LogP contribution in [0.25, 0.3) is 0 Å². The Balaban J connectivity index is 2.91. The van der Waals surface area contributed by atoms with Crippen LogP contribution in [-0.4, -0.2) is 93.6 Å². The molecule has 0 saturated carbocycles. The molecule has 2 N–H and O–H groups in total. The van der Waals surface area contributed by atoms with Gasteiger partial charge < -0.3 is 38.6 Å². The van der Waals surface area contributed by atoms with E-state index in [9.17, 15) is 4.79 Å². The molecule has 0 spiro atoms. The van der Waals surface area contributed by atoms with Crippen molar-refractivity contribution in [1.29, 1.82) is 0 Å². The van der Waals surface area contributed by atoms with Crippen LogP contribution >= 0.6 is 0 Å². The number of ether oxygens (including phenoxy) is 6. The summed E-state index contributed by atoms with van der Waals surface area (Å²) < 4.78 is 33.2. The first kappa shape index (κ1) is 21.2. The summed E-state index contributed by atoms with van der Waals surface area (Å²) in [6.45, 7) is 3.31. The first-order valence-electron chi connectivity index (χ1n) is 7.83. The quantitative estimate of drug-likeness (QED) is 0.515. The Bertz CT molecular complexity index is 363. The summed E-state index contributed by atoms with van der Waals surface area (Å²) in [5.41, 5.74) is 0. The molecule has 1 fully saturated rings. The SMILES string of the molecule is COC1C(COC(C)C)O[C@@H](OCC(=O)O)[C@H](OCCO)[C@H]1OC. The van der Waals surface area contributed by atoms with Crippen LogP contribution in [-0.2, 0) is 33.2 Å². The van der Waals surface area contributed by atoms with Crippen molar-refractivity contribution in [3.8, 4) is 0 Å². The number of carboxylic acid groups (broad SMARTS) is 1. The third-order valence-electron chi connectivity index (χ3n) is 3.50. The van der Waals surface area contributed by atoms with Gasteiger partial charge in [0, 0.05) is 14.2 Å². The molecule has 0 radical (unpaired) electrons. The van der Waals surface area contributed by atoms with Gasteiger partial charge in [-0.1, -0.05) is 0 Å². The number of aliphatic hydroxyl groups excluding tert-OH is 1. The van der Waals surface area contributed by atoms with Gasteiger partial charge in [-0.25, -0.2) is 4.79 Å². The van der Waals surface area contributed by atoms with Gasteiger partial charge >= 0.3 is 5.97 Å². The number of aliphatic hydroxyl groups is 1. The van der Waals surface area contributed by atoms with Crippen LogP contribution in [0.5, 0.6) is 0 Å². The number of hydrogen-bond donors (Lipinski definition) is 2. The second kappa shape index (κ2) is 10.9. The predicted octanol–water partition coefficient (Wildman–Crippen LogP) is -0.355. The normalized spacial score (nSPS) is 30.7. The van der Waals surface area contributed by atoms with Gasteiger partial charge in [-0.15, -0.1) is 0 Å². The van der Waals surface area contributed by atoms with Crippen molar-refractivity contribution in [2.75, 3.05) is 40.6 Å². The zero-order valence-electron chi connectivity index (χ0n) is 14.5. The molecule has 24 heavy (non-hydrogen) atoms. The summed E-state index contributed by atoms with van der Waals surface area (Å²) in [7, 11) is 3.01. The highest BCUT2D eigenvalue weighted by Crippen LogP contribution is 2.28. The molecule has 0 aromatic rings. The van der Waals surface area contributed by atoms with Gasteiger partial charge in [0.1, 0.15) is 31.0 Å². The van der Waals surface area contributed by atoms with E-state index in [0.717, 1.165) is 0 Å². The van der Waals surface area contributed by atoms with Gasteiger partial charge in [0.25, 0.3) is 0 Å². The Labute approximate surface area is 141 Å². The van der Waals surface area contributed by atoms with E-state index >= 15 is 0 Å². The minimum absolute atomic E-state index is 0.00569. The predicted molar refractivity (Wildman–Crippen MR) is 81.8 cm³/mol. The van der Waals surface area contributed by atoms with E-state index < -0.39 is 43.3 Å². The van der Waals surface area contributed by atoms with Crippen LogP contribution < -0.4 is 0 Å². The monoisotopic (exact) mass is 352 g/mol. The van der Waals surface area contributed by atoms with E-state index in [0.29, 0.717) is 0 Å². The van der Waals surface area contributed by atoms with Crippen LogP contribution in [0, 0.1) is 0 Å². The van der Waals surface area contributed by atoms with Gasteiger partial charge in [0.15, 0.2) is 6.29 Å². The lowest BCUT2D eigenvalue weighted by Crippen LogP contribution is -2.61. The van der Waals surface area contributed by atoms with E-state index in [1.165, 1.54) is 14.2 Å². The molecule has 9 nitrogen and oxygen atoms in total. The molecule has 0 aromatic heterocycles. The van der Waals surface area contributed by atoms with E-state index in [1.807, 2.05) is 13.8 Å². The van der Waals surface area contributed by atoms with Crippen molar-refractivity contribution >= 4 is 5.97 Å². The summed E-state index contributed by atoms with van der Waals surface area (Å²) in [6, 6.07) is 0. The molecule has 0 aliphatic carbocycles. The van der Waals surface area contributed by atoms with E-state index in [4.69, 9.17) is 38.6 Å². The third kappa shape index (κ3) is 6.25. The average molecular weight is 352 g/mol. The highest BCUT2D eigenvalue weighted by atomic mass is 16.7. The van der Waals surface area contributed by atoms with Crippen LogP contribution in [0.15, 0.2) is 0 Å². The number of hydrogen-bond acceptors (Lipinski definition) is 8. The third-order valence-corrected chi connectivity index (χ3v) is 3.50. The molecule has 9 heteroatoms. The van der Waals surface area contributed by atoms with Gasteiger partial charge in [0.05, 0.1) is 25.9 Å². The Hall–Kier alpha value is -0.810. The van der Waals surface area contributed by atoms with Crippen molar-refractivity contribution < 1.29 is 43.4 Å². The van der Waals surface area contributed by atoms with Crippen molar-refractivity contribution in [3.63, 3.8) is 0 Å². The molecule has 0 amide bonds. The molecule has 1 aliphatic heterocycles. The first-order chi connectivity index (χ1) is 11.4. The van der Waals surface area contributed by atoms with Crippen molar-refractivity contribution in [2.45, 2.75) is 50.7 Å². The number of rotatable bonds is 11. The molecule has 2 unspecified atom stereocenters. The fourth-order valence-corrected chi connectivity index (χ4v) is 2.51. The molecule has 142 valence electrons. The molecule has 1 saturated heterocycles. The lowest BCUT2D eigenvalue weighted by Gasteiger charge is -2.44. The Morgan fingerprint density at radius 2 is 1.79 bits per heavy atom. The second-order valence-corrected chi connectivity index (χ2v) is 5.59. The summed E-state index contributed by atoms with van der Waals surface area (Å²) in [5, 5.41) is 17.8. The lowest BCUT2D eigenvalue weighted by atomic mass is 9.98. The Morgan fingerprint density at radius 3 is 2.29 bits per heavy atom. The summed E-state index contributed by atoms with van der Waals surface area (Å²) in [6.07, 6.45) is -3.33. The standard InChI is InChI=1S/C15H28O9/c1-9(2)22-7-10-12(19-3)13(20-4)14(21-6-5-16)15(24-10)23-8-11(17)18/h9-10,12-16H,5-8H2,1-4H3,(H,17,18)/t10?,12?,13-,14+,15+/m0/s1. The minimum Gasteiger partial charge on any atom is -0.480 e. The summed E-state index contributed by atoms with van der Waals surface area (Å²) in [4.78, 5) is 10.8. The zero-order chi connectivity index (χ0) is 18.1. The number of methoxy groups -OCH3 is 2. The first-order valence-corrected chi connectivity index (χ1v) is 7.83. The number of aliphatic carboxylic acids is 1. The average Bonchev–Trinajstić information content (AvgIpc) is 2.55. The van der Waals surface area contributed by atoms with Crippen molar-refractivity contribution in [3.05, 3.63) is 0 Å². The van der Waals surface area contributed by atoms with Crippen molar-refractivity contribution in [2.24, 2.45) is 0 Å². The van der Waals surface area contributed by atoms with Gasteiger partial charge in [-0.3, -0.25) is 0 Å². The highest BCUT2D eigenvalue weighted by molar-refractivity contribution is 5.68. The molecular formula is C15H28O9. The van der Waals surface area contributed by atoms with Crippen LogP contribution in [0.1, 0.15) is 13.8 Å². The zero-order valence-corrected chi connectivity index (χ0v) is 14.5. The largest absolute Gasteiger partial charge is 0.480 e. The maximum atomic E-state index is 10.8. The van der Waals surface area contributed by atoms with E-state index in [-0.39, 0.29) is 25.9 Å². The summed E-state index contributed by atoms with van der Waals surface area (Å²) in [5.74, 6) is -1.13. The smallest absolute Gasteiger partial charge is 0.329 e. The highest BCUT2D eigenvalue weighted by Gasteiger charge is 2.48. The molecule has 1 heterocycles. The van der Waals surface area contributed by atoms with Crippen LogP contribution in [0.2, 0.25) is 0 Å². The van der Waals surface area contributed by atoms with E-state index in [2.05, 4.69) is 0 Å². The molecular weight excluding hydrogens is 324 g/mol. The maximum absolute atomic E-state index is 10.8. The van der Waals surface area contributed by atoms with Gasteiger partial charge in [-0.2, -0.15) is 0 Å². The fraction of sp³-hybridized carbons (Fsp3) is 0.933. The molecule has 1 rings (SSSR count). The topological polar surface area (TPSA) is 113 Å². The molecule has 0 bridgehead atoms. The number of carbonyl (C=O) groups is 1. The van der Waals surface area contributed by atoms with Gasteiger partial charge in [-0.05, 0) is 13.8 Å². The molecule has 0 aromatic carbocycles. The summed E-state index contributed by atoms with van der Waals surface area (Å²) >= 11 is 0. The number of carboxylic acids is 1. The molecule has 5 atom stereocenters. The fourth-order valence-electron chi connectivity index (χ4n) is 2.51.